The summed E-state index contributed by atoms with van der Waals surface area (Å²) in [6.45, 7) is 1.89. The molecule has 4 aliphatic rings. The zero-order valence-corrected chi connectivity index (χ0v) is 10.4. The molecular weight excluding hydrogens is 230 g/mol. The van der Waals surface area contributed by atoms with Gasteiger partial charge in [-0.3, -0.25) is 14.5 Å². The molecule has 0 aromatic carbocycles. The van der Waals surface area contributed by atoms with Gasteiger partial charge in [-0.15, -0.1) is 0 Å². The van der Waals surface area contributed by atoms with Gasteiger partial charge in [0.1, 0.15) is 0 Å². The molecule has 18 heavy (non-hydrogen) atoms. The highest BCUT2D eigenvalue weighted by molar-refractivity contribution is 6.07. The summed E-state index contributed by atoms with van der Waals surface area (Å²) in [5, 5.41) is 9.92. The van der Waals surface area contributed by atoms with E-state index in [1.165, 1.54) is 10.5 Å². The summed E-state index contributed by atoms with van der Waals surface area (Å²) < 4.78 is 0. The number of rotatable bonds is 1. The molecular formula is C14H17NO3. The van der Waals surface area contributed by atoms with Gasteiger partial charge < -0.3 is 5.11 Å². The zero-order valence-electron chi connectivity index (χ0n) is 10.4. The Morgan fingerprint density at radius 1 is 1.17 bits per heavy atom. The molecule has 1 heterocycles. The Kier molecular flexibility index (Phi) is 1.93. The lowest BCUT2D eigenvalue weighted by Gasteiger charge is -2.24. The number of amides is 2. The van der Waals surface area contributed by atoms with Crippen LogP contribution in [0.15, 0.2) is 11.3 Å². The molecule has 4 nitrogen and oxygen atoms in total. The van der Waals surface area contributed by atoms with Crippen molar-refractivity contribution in [3.8, 4) is 0 Å². The number of hydrogen-bond acceptors (Lipinski definition) is 3. The van der Waals surface area contributed by atoms with E-state index in [-0.39, 0.29) is 41.6 Å². The monoisotopic (exact) mass is 247 g/mol. The van der Waals surface area contributed by atoms with Crippen LogP contribution in [0.5, 0.6) is 0 Å². The summed E-state index contributed by atoms with van der Waals surface area (Å²) >= 11 is 0. The molecule has 2 bridgehead atoms. The quantitative estimate of drug-likeness (QED) is 0.705. The molecule has 0 aromatic rings. The van der Waals surface area contributed by atoms with Crippen molar-refractivity contribution >= 4 is 11.8 Å². The van der Waals surface area contributed by atoms with Gasteiger partial charge in [-0.25, -0.2) is 0 Å². The first-order chi connectivity index (χ1) is 8.59. The number of fused-ring (bicyclic) bond motifs is 5. The molecule has 96 valence electrons. The molecule has 0 spiro atoms. The standard InChI is InChI=1S/C14H17NO3/c1-6(7-2-3-7)15-13(17)11-8-4-9(10(16)5-8)12(11)14(15)18/h8-12,16H,2-5H2,1H3/t8?,9?,10-,11?,12?/m1/s1. The summed E-state index contributed by atoms with van der Waals surface area (Å²) in [5.41, 5.74) is 2.11. The van der Waals surface area contributed by atoms with Crippen LogP contribution >= 0.6 is 0 Å². The largest absolute Gasteiger partial charge is 0.393 e. The SMILES string of the molecule is CC(=C1CC1)N1C(=O)C2C3CC(C2C1=O)[C@H](O)C3. The van der Waals surface area contributed by atoms with Gasteiger partial charge in [0, 0.05) is 5.70 Å². The number of carbonyl (C=O) groups excluding carboxylic acids is 2. The minimum absolute atomic E-state index is 0.00120. The van der Waals surface area contributed by atoms with Crippen molar-refractivity contribution in [3.05, 3.63) is 11.3 Å². The Morgan fingerprint density at radius 2 is 1.83 bits per heavy atom. The van der Waals surface area contributed by atoms with Gasteiger partial charge in [-0.2, -0.15) is 0 Å². The number of likely N-dealkylation sites (tertiary alicyclic amines) is 1. The first kappa shape index (κ1) is 10.7. The summed E-state index contributed by atoms with van der Waals surface area (Å²) in [6.07, 6.45) is 3.23. The van der Waals surface area contributed by atoms with Gasteiger partial charge in [-0.1, -0.05) is 0 Å². The Balaban J connectivity index is 1.73. The summed E-state index contributed by atoms with van der Waals surface area (Å²) in [7, 11) is 0. The maximum absolute atomic E-state index is 12.5. The fourth-order valence-electron chi connectivity index (χ4n) is 4.34. The lowest BCUT2D eigenvalue weighted by molar-refractivity contribution is -0.138. The minimum Gasteiger partial charge on any atom is -0.393 e. The number of allylic oxidation sites excluding steroid dienone is 2. The summed E-state index contributed by atoms with van der Waals surface area (Å²) in [5.74, 6) is -0.165. The number of carbonyl (C=O) groups is 2. The first-order valence-electron chi connectivity index (χ1n) is 6.84. The Morgan fingerprint density at radius 3 is 2.50 bits per heavy atom. The number of hydrogen-bond donors (Lipinski definition) is 1. The highest BCUT2D eigenvalue weighted by atomic mass is 16.3. The topological polar surface area (TPSA) is 57.6 Å². The molecule has 0 radical (unpaired) electrons. The first-order valence-corrected chi connectivity index (χ1v) is 6.84. The molecule has 1 N–H and O–H groups in total. The normalized spacial score (nSPS) is 44.9. The van der Waals surface area contributed by atoms with E-state index in [9.17, 15) is 14.7 Å². The molecule has 5 atom stereocenters. The molecule has 1 saturated heterocycles. The van der Waals surface area contributed by atoms with E-state index in [0.29, 0.717) is 6.42 Å². The van der Waals surface area contributed by atoms with Crippen LogP contribution in [0.2, 0.25) is 0 Å². The van der Waals surface area contributed by atoms with Gasteiger partial charge >= 0.3 is 0 Å². The molecule has 4 fully saturated rings. The van der Waals surface area contributed by atoms with Crippen LogP contribution in [0.4, 0.5) is 0 Å². The second-order valence-corrected chi connectivity index (χ2v) is 6.22. The molecule has 1 aliphatic heterocycles. The van der Waals surface area contributed by atoms with Crippen molar-refractivity contribution < 1.29 is 14.7 Å². The lowest BCUT2D eigenvalue weighted by atomic mass is 9.80. The molecule has 2 amide bonds. The maximum Gasteiger partial charge on any atom is 0.237 e. The lowest BCUT2D eigenvalue weighted by Crippen LogP contribution is -2.33. The van der Waals surface area contributed by atoms with Gasteiger partial charge in [-0.05, 0) is 50.0 Å². The third-order valence-electron chi connectivity index (χ3n) is 5.33. The maximum atomic E-state index is 12.5. The zero-order chi connectivity index (χ0) is 12.6. The van der Waals surface area contributed by atoms with E-state index < -0.39 is 0 Å². The second-order valence-electron chi connectivity index (χ2n) is 6.22. The minimum atomic E-state index is -0.373. The van der Waals surface area contributed by atoms with Gasteiger partial charge in [0.15, 0.2) is 0 Å². The number of aliphatic hydroxyl groups is 1. The molecule has 0 aromatic heterocycles. The number of nitrogens with zero attached hydrogens (tertiary/aromatic N) is 1. The van der Waals surface area contributed by atoms with E-state index in [2.05, 4.69) is 0 Å². The van der Waals surface area contributed by atoms with Crippen LogP contribution in [0.1, 0.15) is 32.6 Å². The van der Waals surface area contributed by atoms with Crippen LogP contribution in [0, 0.1) is 23.7 Å². The van der Waals surface area contributed by atoms with Crippen molar-refractivity contribution in [3.63, 3.8) is 0 Å². The molecule has 3 saturated carbocycles. The van der Waals surface area contributed by atoms with Gasteiger partial charge in [0.25, 0.3) is 0 Å². The van der Waals surface area contributed by atoms with Crippen LogP contribution in [0.3, 0.4) is 0 Å². The molecule has 4 rings (SSSR count). The number of aliphatic hydroxyl groups excluding tert-OH is 1. The summed E-state index contributed by atoms with van der Waals surface area (Å²) in [6, 6.07) is 0. The Bertz CT molecular complexity index is 489. The van der Waals surface area contributed by atoms with Crippen LogP contribution in [0.25, 0.3) is 0 Å². The van der Waals surface area contributed by atoms with Crippen molar-refractivity contribution in [2.75, 3.05) is 0 Å². The van der Waals surface area contributed by atoms with E-state index in [4.69, 9.17) is 0 Å². The number of imide groups is 1. The fourth-order valence-corrected chi connectivity index (χ4v) is 4.34. The fraction of sp³-hybridized carbons (Fsp3) is 0.714. The smallest absolute Gasteiger partial charge is 0.237 e. The highest BCUT2D eigenvalue weighted by Crippen LogP contribution is 2.57. The molecule has 3 aliphatic carbocycles. The molecule has 4 heteroatoms. The van der Waals surface area contributed by atoms with E-state index in [1.54, 1.807) is 0 Å². The predicted octanol–water partition coefficient (Wildman–Crippen LogP) is 1.06. The van der Waals surface area contributed by atoms with E-state index >= 15 is 0 Å². The third-order valence-corrected chi connectivity index (χ3v) is 5.33. The van der Waals surface area contributed by atoms with Crippen LogP contribution in [-0.2, 0) is 9.59 Å². The molecule has 4 unspecified atom stereocenters. The summed E-state index contributed by atoms with van der Waals surface area (Å²) in [4.78, 5) is 26.3. The Labute approximate surface area is 106 Å². The van der Waals surface area contributed by atoms with Gasteiger partial charge in [0.05, 0.1) is 17.9 Å². The second kappa shape index (κ2) is 3.23. The average molecular weight is 247 g/mol. The van der Waals surface area contributed by atoms with Crippen molar-refractivity contribution in [1.29, 1.82) is 0 Å². The third kappa shape index (κ3) is 1.14. The van der Waals surface area contributed by atoms with Crippen LogP contribution < -0.4 is 0 Å². The van der Waals surface area contributed by atoms with E-state index in [1.807, 2.05) is 6.92 Å². The predicted molar refractivity (Wildman–Crippen MR) is 63.0 cm³/mol. The van der Waals surface area contributed by atoms with Crippen molar-refractivity contribution in [2.24, 2.45) is 23.7 Å². The highest BCUT2D eigenvalue weighted by Gasteiger charge is 2.64. The van der Waals surface area contributed by atoms with Crippen molar-refractivity contribution in [1.82, 2.24) is 4.90 Å². The Hall–Kier alpha value is -1.16. The van der Waals surface area contributed by atoms with Crippen molar-refractivity contribution in [2.45, 2.75) is 38.7 Å². The van der Waals surface area contributed by atoms with E-state index in [0.717, 1.165) is 25.0 Å². The van der Waals surface area contributed by atoms with Gasteiger partial charge in [0.2, 0.25) is 11.8 Å². The van der Waals surface area contributed by atoms with Crippen LogP contribution in [-0.4, -0.2) is 27.9 Å². The average Bonchev–Trinajstić information content (AvgIpc) is 2.96.